The van der Waals surface area contributed by atoms with E-state index in [2.05, 4.69) is 5.32 Å². The van der Waals surface area contributed by atoms with E-state index in [0.717, 1.165) is 31.7 Å². The molecular weight excluding hydrogens is 269 g/mol. The molecule has 2 N–H and O–H groups in total. The van der Waals surface area contributed by atoms with Crippen molar-refractivity contribution in [2.75, 3.05) is 6.54 Å². The van der Waals surface area contributed by atoms with Crippen molar-refractivity contribution in [2.45, 2.75) is 31.1 Å². The van der Waals surface area contributed by atoms with Gasteiger partial charge in [0.2, 0.25) is 0 Å². The van der Waals surface area contributed by atoms with Gasteiger partial charge in [0, 0.05) is 11.9 Å². The fourth-order valence-corrected chi connectivity index (χ4v) is 2.81. The number of phenolic OH excluding ortho intramolecular Hbond substituents is 1. The van der Waals surface area contributed by atoms with E-state index in [0.29, 0.717) is 6.54 Å². The van der Waals surface area contributed by atoms with Crippen LogP contribution in [0.3, 0.4) is 0 Å². The third-order valence-electron chi connectivity index (χ3n) is 3.56. The Labute approximate surface area is 116 Å². The van der Waals surface area contributed by atoms with Gasteiger partial charge in [0.1, 0.15) is 17.1 Å². The Kier molecular flexibility index (Phi) is 4.64. The van der Waals surface area contributed by atoms with Crippen LogP contribution in [0.15, 0.2) is 18.2 Å². The van der Waals surface area contributed by atoms with Gasteiger partial charge in [-0.05, 0) is 30.9 Å². The van der Waals surface area contributed by atoms with Gasteiger partial charge >= 0.3 is 0 Å². The second kappa shape index (κ2) is 6.24. The number of phenols is 1. The second-order valence-electron chi connectivity index (χ2n) is 4.90. The molecule has 0 bridgehead atoms. The molecule has 1 aromatic rings. The number of carbonyl (C=O) groups excluding carboxylic acids is 1. The number of hydrogen-bond donors (Lipinski definition) is 2. The van der Waals surface area contributed by atoms with Crippen LogP contribution in [0.5, 0.6) is 5.75 Å². The molecule has 19 heavy (non-hydrogen) atoms. The number of amides is 1. The van der Waals surface area contributed by atoms with Crippen LogP contribution in [0, 0.1) is 11.7 Å². The minimum Gasteiger partial charge on any atom is -0.507 e. The Morgan fingerprint density at radius 1 is 1.42 bits per heavy atom. The van der Waals surface area contributed by atoms with Crippen LogP contribution in [0.4, 0.5) is 4.39 Å². The first-order valence-corrected chi connectivity index (χ1v) is 6.93. The van der Waals surface area contributed by atoms with Crippen LogP contribution in [-0.2, 0) is 0 Å². The van der Waals surface area contributed by atoms with E-state index in [4.69, 9.17) is 11.6 Å². The molecule has 1 aliphatic carbocycles. The molecule has 1 aromatic carbocycles. The predicted octanol–water partition coefficient (Wildman–Crippen LogP) is 3.06. The number of alkyl halides is 1. The number of rotatable bonds is 3. The van der Waals surface area contributed by atoms with Gasteiger partial charge in [0.05, 0.1) is 0 Å². The molecule has 0 spiro atoms. The maximum Gasteiger partial charge on any atom is 0.258 e. The first-order valence-electron chi connectivity index (χ1n) is 6.49. The minimum absolute atomic E-state index is 0.0586. The number of aromatic hydroxyl groups is 1. The Bertz CT molecular complexity index is 447. The van der Waals surface area contributed by atoms with Crippen LogP contribution >= 0.6 is 11.6 Å². The largest absolute Gasteiger partial charge is 0.507 e. The van der Waals surface area contributed by atoms with E-state index < -0.39 is 11.7 Å². The van der Waals surface area contributed by atoms with Crippen molar-refractivity contribution in [2.24, 2.45) is 5.92 Å². The van der Waals surface area contributed by atoms with Crippen molar-refractivity contribution in [3.63, 3.8) is 0 Å². The minimum atomic E-state index is -0.719. The molecule has 5 heteroatoms. The molecule has 1 aliphatic rings. The van der Waals surface area contributed by atoms with E-state index in [-0.39, 0.29) is 22.6 Å². The maximum atomic E-state index is 13.5. The van der Waals surface area contributed by atoms with Gasteiger partial charge in [0.25, 0.3) is 5.91 Å². The highest BCUT2D eigenvalue weighted by molar-refractivity contribution is 6.20. The zero-order chi connectivity index (χ0) is 13.8. The van der Waals surface area contributed by atoms with Gasteiger partial charge in [-0.1, -0.05) is 18.9 Å². The fourth-order valence-electron chi connectivity index (χ4n) is 2.44. The fraction of sp³-hybridized carbons (Fsp3) is 0.500. The van der Waals surface area contributed by atoms with Crippen LogP contribution in [-0.4, -0.2) is 22.9 Å². The first kappa shape index (κ1) is 14.1. The van der Waals surface area contributed by atoms with E-state index >= 15 is 0 Å². The second-order valence-corrected chi connectivity index (χ2v) is 5.47. The summed E-state index contributed by atoms with van der Waals surface area (Å²) in [6.45, 7) is 0.417. The monoisotopic (exact) mass is 285 g/mol. The van der Waals surface area contributed by atoms with Gasteiger partial charge in [-0.15, -0.1) is 11.6 Å². The van der Waals surface area contributed by atoms with Gasteiger partial charge in [-0.25, -0.2) is 4.39 Å². The van der Waals surface area contributed by atoms with Crippen LogP contribution in [0.25, 0.3) is 0 Å². The predicted molar refractivity (Wildman–Crippen MR) is 72.0 cm³/mol. The lowest BCUT2D eigenvalue weighted by Crippen LogP contribution is -2.35. The van der Waals surface area contributed by atoms with E-state index in [1.165, 1.54) is 12.1 Å². The Hall–Kier alpha value is -1.29. The highest BCUT2D eigenvalue weighted by atomic mass is 35.5. The number of nitrogens with one attached hydrogen (secondary N) is 1. The zero-order valence-corrected chi connectivity index (χ0v) is 11.3. The lowest BCUT2D eigenvalue weighted by molar-refractivity contribution is 0.0937. The van der Waals surface area contributed by atoms with Crippen molar-refractivity contribution < 1.29 is 14.3 Å². The Morgan fingerprint density at radius 2 is 2.16 bits per heavy atom. The molecule has 2 unspecified atom stereocenters. The van der Waals surface area contributed by atoms with Gasteiger partial charge in [-0.2, -0.15) is 0 Å². The van der Waals surface area contributed by atoms with Gasteiger partial charge in [-0.3, -0.25) is 4.79 Å². The van der Waals surface area contributed by atoms with E-state index in [9.17, 15) is 14.3 Å². The third kappa shape index (κ3) is 3.38. The molecule has 0 aliphatic heterocycles. The Balaban J connectivity index is 1.97. The topological polar surface area (TPSA) is 49.3 Å². The maximum absolute atomic E-state index is 13.5. The molecule has 2 atom stereocenters. The normalized spacial score (nSPS) is 23.1. The van der Waals surface area contributed by atoms with E-state index in [1.54, 1.807) is 0 Å². The van der Waals surface area contributed by atoms with Gasteiger partial charge in [0.15, 0.2) is 0 Å². The van der Waals surface area contributed by atoms with Crippen molar-refractivity contribution >= 4 is 17.5 Å². The third-order valence-corrected chi connectivity index (χ3v) is 4.13. The van der Waals surface area contributed by atoms with Crippen LogP contribution in [0.1, 0.15) is 36.0 Å². The first-order chi connectivity index (χ1) is 9.09. The SMILES string of the molecule is O=C(NCC1CCCCC1Cl)c1c(O)cccc1F. The summed E-state index contributed by atoms with van der Waals surface area (Å²) in [4.78, 5) is 11.9. The highest BCUT2D eigenvalue weighted by Crippen LogP contribution is 2.28. The summed E-state index contributed by atoms with van der Waals surface area (Å²) in [7, 11) is 0. The molecule has 0 aromatic heterocycles. The average Bonchev–Trinajstić information content (AvgIpc) is 2.37. The van der Waals surface area contributed by atoms with Gasteiger partial charge < -0.3 is 10.4 Å². The zero-order valence-electron chi connectivity index (χ0n) is 10.5. The molecule has 2 rings (SSSR count). The highest BCUT2D eigenvalue weighted by Gasteiger charge is 2.24. The molecule has 1 fully saturated rings. The number of benzene rings is 1. The Morgan fingerprint density at radius 3 is 2.84 bits per heavy atom. The van der Waals surface area contributed by atoms with E-state index in [1.807, 2.05) is 0 Å². The molecule has 104 valence electrons. The number of carbonyl (C=O) groups is 1. The summed E-state index contributed by atoms with van der Waals surface area (Å²) in [5, 5.41) is 12.2. The summed E-state index contributed by atoms with van der Waals surface area (Å²) in [5.41, 5.74) is -0.301. The van der Waals surface area contributed by atoms with Crippen molar-refractivity contribution in [3.8, 4) is 5.75 Å². The van der Waals surface area contributed by atoms with Crippen LogP contribution in [0.2, 0.25) is 0 Å². The molecule has 0 heterocycles. The molecule has 0 saturated heterocycles. The molecule has 3 nitrogen and oxygen atoms in total. The van der Waals surface area contributed by atoms with Crippen molar-refractivity contribution in [1.29, 1.82) is 0 Å². The summed E-state index contributed by atoms with van der Waals surface area (Å²) in [6.07, 6.45) is 4.15. The molecule has 0 radical (unpaired) electrons. The molecule has 1 saturated carbocycles. The summed E-state index contributed by atoms with van der Waals surface area (Å²) in [6, 6.07) is 3.81. The molecular formula is C14H17ClFNO2. The van der Waals surface area contributed by atoms with Crippen LogP contribution < -0.4 is 5.32 Å². The summed E-state index contributed by atoms with van der Waals surface area (Å²) < 4.78 is 13.5. The molecule has 1 amide bonds. The lowest BCUT2D eigenvalue weighted by Gasteiger charge is -2.27. The summed E-state index contributed by atoms with van der Waals surface area (Å²) >= 11 is 6.20. The van der Waals surface area contributed by atoms with Crippen molar-refractivity contribution in [3.05, 3.63) is 29.6 Å². The van der Waals surface area contributed by atoms with Crippen molar-refractivity contribution in [1.82, 2.24) is 5.32 Å². The smallest absolute Gasteiger partial charge is 0.258 e. The average molecular weight is 286 g/mol. The quantitative estimate of drug-likeness (QED) is 0.839. The lowest BCUT2D eigenvalue weighted by atomic mass is 9.88. The standard InChI is InChI=1S/C14H17ClFNO2/c15-10-5-2-1-4-9(10)8-17-14(19)13-11(16)6-3-7-12(13)18/h3,6-7,9-10,18H,1-2,4-5,8H2,(H,17,19). The number of halogens is 2. The summed E-state index contributed by atoms with van der Waals surface area (Å²) in [5.74, 6) is -1.44. The number of hydrogen-bond acceptors (Lipinski definition) is 2.